The molecule has 1 aliphatic rings. The molecule has 3 rings (SSSR count). The Hall–Kier alpha value is -3.20. The Kier molecular flexibility index (Phi) is 10.4. The lowest BCUT2D eigenvalue weighted by Gasteiger charge is -2.41. The topological polar surface area (TPSA) is 89.5 Å². The van der Waals surface area contributed by atoms with Crippen LogP contribution in [0.25, 0.3) is 0 Å². The SMILES string of the molecule is COc1ccc([C@H](NC(=O)[C@H](C)CC(=O)C2(c3cccc(Cl)c3)CCC2)C(=O)C[C@H](C(=O)C(F)(F)F)C(C)C)cc1. The zero-order valence-corrected chi connectivity index (χ0v) is 24.3. The van der Waals surface area contributed by atoms with Crippen LogP contribution in [0.15, 0.2) is 48.5 Å². The molecule has 2 aromatic carbocycles. The minimum Gasteiger partial charge on any atom is -0.497 e. The molecule has 6 nitrogen and oxygen atoms in total. The first-order valence-corrected chi connectivity index (χ1v) is 13.9. The highest BCUT2D eigenvalue weighted by atomic mass is 35.5. The molecular weight excluding hydrogens is 559 g/mol. The van der Waals surface area contributed by atoms with Crippen molar-refractivity contribution in [3.63, 3.8) is 0 Å². The van der Waals surface area contributed by atoms with Gasteiger partial charge in [0.2, 0.25) is 11.7 Å². The number of hydrogen-bond donors (Lipinski definition) is 1. The number of alkyl halides is 3. The lowest BCUT2D eigenvalue weighted by molar-refractivity contribution is -0.177. The van der Waals surface area contributed by atoms with Gasteiger partial charge in [0.1, 0.15) is 17.6 Å². The Morgan fingerprint density at radius 2 is 1.63 bits per heavy atom. The minimum atomic E-state index is -5.09. The Labute approximate surface area is 243 Å². The number of rotatable bonds is 13. The monoisotopic (exact) mass is 593 g/mol. The molecule has 1 fully saturated rings. The summed E-state index contributed by atoms with van der Waals surface area (Å²) in [4.78, 5) is 52.3. The number of carbonyl (C=O) groups is 4. The second kappa shape index (κ2) is 13.2. The Bertz CT molecular complexity index is 1270. The van der Waals surface area contributed by atoms with Gasteiger partial charge in [-0.15, -0.1) is 0 Å². The van der Waals surface area contributed by atoms with E-state index in [1.54, 1.807) is 37.3 Å². The van der Waals surface area contributed by atoms with Crippen molar-refractivity contribution in [3.05, 3.63) is 64.7 Å². The van der Waals surface area contributed by atoms with Crippen LogP contribution in [0, 0.1) is 17.8 Å². The van der Waals surface area contributed by atoms with E-state index in [2.05, 4.69) is 5.32 Å². The molecule has 0 heterocycles. The van der Waals surface area contributed by atoms with Gasteiger partial charge < -0.3 is 10.1 Å². The van der Waals surface area contributed by atoms with Crippen LogP contribution in [-0.2, 0) is 24.6 Å². The standard InChI is InChI=1S/C31H35ClF3NO5/c1-18(2)24(28(39)31(33,34)35)17-25(37)27(20-9-11-23(41-4)12-10-20)36-29(40)19(3)15-26(38)30(13-6-14-30)21-7-5-8-22(32)16-21/h5,7-12,16,18-19,24,27H,6,13-15,17H2,1-4H3,(H,36,40)/t19-,24+,27+/m1/s1. The van der Waals surface area contributed by atoms with Crippen LogP contribution in [0.3, 0.4) is 0 Å². The first-order chi connectivity index (χ1) is 19.2. The van der Waals surface area contributed by atoms with Gasteiger partial charge in [-0.1, -0.05) is 63.1 Å². The molecule has 41 heavy (non-hydrogen) atoms. The van der Waals surface area contributed by atoms with Gasteiger partial charge in [-0.05, 0) is 54.2 Å². The Balaban J connectivity index is 1.82. The summed E-state index contributed by atoms with van der Waals surface area (Å²) in [6.07, 6.45) is -3.76. The Morgan fingerprint density at radius 1 is 1.00 bits per heavy atom. The third kappa shape index (κ3) is 7.56. The lowest BCUT2D eigenvalue weighted by Crippen LogP contribution is -2.45. The van der Waals surface area contributed by atoms with Gasteiger partial charge in [0.15, 0.2) is 5.78 Å². The smallest absolute Gasteiger partial charge is 0.450 e. The third-order valence-electron chi connectivity index (χ3n) is 7.96. The summed E-state index contributed by atoms with van der Waals surface area (Å²) in [5.74, 6) is -6.15. The minimum absolute atomic E-state index is 0.0942. The molecule has 0 aromatic heterocycles. The van der Waals surface area contributed by atoms with Crippen molar-refractivity contribution in [3.8, 4) is 5.75 Å². The van der Waals surface area contributed by atoms with E-state index in [0.29, 0.717) is 29.2 Å². The van der Waals surface area contributed by atoms with E-state index in [1.165, 1.54) is 33.1 Å². The second-order valence-electron chi connectivity index (χ2n) is 11.1. The number of carbonyl (C=O) groups excluding carboxylic acids is 4. The molecular formula is C31H35ClF3NO5. The summed E-state index contributed by atoms with van der Waals surface area (Å²) >= 11 is 6.16. The Morgan fingerprint density at radius 3 is 2.12 bits per heavy atom. The quantitative estimate of drug-likeness (QED) is 0.283. The van der Waals surface area contributed by atoms with E-state index >= 15 is 0 Å². The number of halogens is 4. The van der Waals surface area contributed by atoms with Gasteiger partial charge in [0, 0.05) is 29.7 Å². The molecule has 3 atom stereocenters. The average molecular weight is 594 g/mol. The first-order valence-electron chi connectivity index (χ1n) is 13.6. The highest BCUT2D eigenvalue weighted by molar-refractivity contribution is 6.30. The number of ketones is 3. The molecule has 0 unspecified atom stereocenters. The van der Waals surface area contributed by atoms with E-state index in [9.17, 15) is 32.3 Å². The predicted molar refractivity (Wildman–Crippen MR) is 149 cm³/mol. The number of ether oxygens (including phenoxy) is 1. The second-order valence-corrected chi connectivity index (χ2v) is 11.5. The normalized spacial score (nSPS) is 16.7. The van der Waals surface area contributed by atoms with Gasteiger partial charge in [-0.3, -0.25) is 19.2 Å². The maximum absolute atomic E-state index is 13.5. The van der Waals surface area contributed by atoms with Crippen molar-refractivity contribution in [2.45, 2.75) is 70.5 Å². The predicted octanol–water partition coefficient (Wildman–Crippen LogP) is 6.59. The van der Waals surface area contributed by atoms with Crippen molar-refractivity contribution >= 4 is 34.9 Å². The highest BCUT2D eigenvalue weighted by Gasteiger charge is 2.47. The van der Waals surface area contributed by atoms with Gasteiger partial charge in [-0.25, -0.2) is 0 Å². The molecule has 0 radical (unpaired) electrons. The van der Waals surface area contributed by atoms with Crippen molar-refractivity contribution in [2.24, 2.45) is 17.8 Å². The molecule has 1 N–H and O–H groups in total. The molecule has 0 aliphatic heterocycles. The van der Waals surface area contributed by atoms with Crippen LogP contribution in [-0.4, -0.2) is 36.5 Å². The molecule has 1 saturated carbocycles. The summed E-state index contributed by atoms with van der Waals surface area (Å²) in [6.45, 7) is 4.44. The van der Waals surface area contributed by atoms with E-state index in [1.807, 2.05) is 6.07 Å². The lowest BCUT2D eigenvalue weighted by atomic mass is 9.60. The molecule has 0 spiro atoms. The molecule has 1 amide bonds. The fourth-order valence-corrected chi connectivity index (χ4v) is 5.41. The van der Waals surface area contributed by atoms with E-state index in [-0.39, 0.29) is 12.2 Å². The fourth-order valence-electron chi connectivity index (χ4n) is 5.22. The van der Waals surface area contributed by atoms with Crippen LogP contribution < -0.4 is 10.1 Å². The zero-order valence-electron chi connectivity index (χ0n) is 23.5. The molecule has 0 saturated heterocycles. The van der Waals surface area contributed by atoms with Gasteiger partial charge in [-0.2, -0.15) is 13.2 Å². The molecule has 2 aromatic rings. The number of nitrogens with one attached hydrogen (secondary N) is 1. The summed E-state index contributed by atoms with van der Waals surface area (Å²) < 4.78 is 44.9. The molecule has 222 valence electrons. The fraction of sp³-hybridized carbons (Fsp3) is 0.484. The number of methoxy groups -OCH3 is 1. The van der Waals surface area contributed by atoms with Gasteiger partial charge in [0.05, 0.1) is 12.5 Å². The highest BCUT2D eigenvalue weighted by Crippen LogP contribution is 2.46. The summed E-state index contributed by atoms with van der Waals surface area (Å²) in [6, 6.07) is 11.9. The van der Waals surface area contributed by atoms with Crippen molar-refractivity contribution in [1.29, 1.82) is 0 Å². The number of Topliss-reactive ketones (excluding diaryl/α,β-unsaturated/α-hetero) is 3. The maximum Gasteiger partial charge on any atom is 0.450 e. The first kappa shape index (κ1) is 32.3. The number of hydrogen-bond acceptors (Lipinski definition) is 5. The van der Waals surface area contributed by atoms with Crippen LogP contribution in [0.1, 0.15) is 70.0 Å². The third-order valence-corrected chi connectivity index (χ3v) is 8.19. The van der Waals surface area contributed by atoms with Crippen molar-refractivity contribution in [1.82, 2.24) is 5.32 Å². The largest absolute Gasteiger partial charge is 0.497 e. The maximum atomic E-state index is 13.5. The molecule has 10 heteroatoms. The van der Waals surface area contributed by atoms with E-state index in [0.717, 1.165) is 12.0 Å². The number of amides is 1. The summed E-state index contributed by atoms with van der Waals surface area (Å²) in [5, 5.41) is 3.15. The number of benzene rings is 2. The zero-order chi connectivity index (χ0) is 30.5. The summed E-state index contributed by atoms with van der Waals surface area (Å²) in [5.41, 5.74) is 0.390. The van der Waals surface area contributed by atoms with Crippen molar-refractivity contribution < 1.29 is 37.1 Å². The molecule has 0 bridgehead atoms. The average Bonchev–Trinajstić information content (AvgIpc) is 2.88. The van der Waals surface area contributed by atoms with E-state index in [4.69, 9.17) is 16.3 Å². The van der Waals surface area contributed by atoms with Crippen LogP contribution in [0.4, 0.5) is 13.2 Å². The van der Waals surface area contributed by atoms with Crippen molar-refractivity contribution in [2.75, 3.05) is 7.11 Å². The van der Waals surface area contributed by atoms with Gasteiger partial charge in [0.25, 0.3) is 0 Å². The van der Waals surface area contributed by atoms with Gasteiger partial charge >= 0.3 is 6.18 Å². The molecule has 1 aliphatic carbocycles. The van der Waals surface area contributed by atoms with E-state index < -0.39 is 59.3 Å². The van der Waals surface area contributed by atoms with Crippen LogP contribution >= 0.6 is 11.6 Å². The summed E-state index contributed by atoms with van der Waals surface area (Å²) in [7, 11) is 1.45. The van der Waals surface area contributed by atoms with Crippen LogP contribution in [0.2, 0.25) is 5.02 Å². The van der Waals surface area contributed by atoms with Crippen LogP contribution in [0.5, 0.6) is 5.75 Å².